The molecule has 1 atom stereocenters. The predicted octanol–water partition coefficient (Wildman–Crippen LogP) is 4.16. The van der Waals surface area contributed by atoms with Crippen LogP contribution >= 0.6 is 24.0 Å². The van der Waals surface area contributed by atoms with Crippen LogP contribution in [-0.2, 0) is 0 Å². The summed E-state index contributed by atoms with van der Waals surface area (Å²) in [5.41, 5.74) is 1.29. The molecule has 1 heterocycles. The molecule has 4 nitrogen and oxygen atoms in total. The van der Waals surface area contributed by atoms with Gasteiger partial charge in [0.05, 0.1) is 6.04 Å². The summed E-state index contributed by atoms with van der Waals surface area (Å²) in [6.07, 6.45) is 9.80. The Morgan fingerprint density at radius 2 is 1.88 bits per heavy atom. The lowest BCUT2D eigenvalue weighted by atomic mass is 9.86. The van der Waals surface area contributed by atoms with Crippen molar-refractivity contribution in [1.82, 2.24) is 10.6 Å². The fraction of sp³-hybridized carbons (Fsp3) is 0.632. The van der Waals surface area contributed by atoms with Crippen molar-refractivity contribution in [1.29, 1.82) is 0 Å². The van der Waals surface area contributed by atoms with Crippen molar-refractivity contribution in [2.24, 2.45) is 4.99 Å². The summed E-state index contributed by atoms with van der Waals surface area (Å²) >= 11 is 0. The van der Waals surface area contributed by atoms with Gasteiger partial charge in [0, 0.05) is 25.1 Å². The first-order chi connectivity index (χ1) is 11.3. The zero-order chi connectivity index (χ0) is 15.7. The number of rotatable bonds is 2. The zero-order valence-electron chi connectivity index (χ0n) is 14.4. The molecule has 132 valence electrons. The molecule has 3 aliphatic rings. The first-order valence-corrected chi connectivity index (χ1v) is 9.06. The molecule has 2 fully saturated rings. The summed E-state index contributed by atoms with van der Waals surface area (Å²) in [6.45, 7) is 0. The van der Waals surface area contributed by atoms with Crippen molar-refractivity contribution in [2.75, 3.05) is 7.05 Å². The largest absolute Gasteiger partial charge is 0.487 e. The van der Waals surface area contributed by atoms with E-state index in [4.69, 9.17) is 4.74 Å². The standard InChI is InChI=1S/C19H27N3O.HI/c1-20-18(21-14-7-6-8-14)22-16-13-19(11-4-5-12-19)23-17-10-3-2-9-15(16)17;/h2-3,9-10,14,16H,4-8,11-13H2,1H3,(H2,20,21,22);1H. The van der Waals surface area contributed by atoms with Gasteiger partial charge in [0.1, 0.15) is 11.4 Å². The Hall–Kier alpha value is -0.980. The zero-order valence-corrected chi connectivity index (χ0v) is 16.7. The fourth-order valence-corrected chi connectivity index (χ4v) is 4.15. The maximum Gasteiger partial charge on any atom is 0.191 e. The average molecular weight is 441 g/mol. The van der Waals surface area contributed by atoms with Crippen molar-refractivity contribution >= 4 is 29.9 Å². The molecular formula is C19H28IN3O. The second kappa shape index (κ2) is 7.50. The van der Waals surface area contributed by atoms with Crippen molar-refractivity contribution < 1.29 is 4.74 Å². The number of fused-ring (bicyclic) bond motifs is 1. The molecule has 0 radical (unpaired) electrons. The molecule has 1 aromatic rings. The van der Waals surface area contributed by atoms with Crippen LogP contribution in [0.3, 0.4) is 0 Å². The molecule has 5 heteroatoms. The van der Waals surface area contributed by atoms with Crippen LogP contribution in [0.25, 0.3) is 0 Å². The third-order valence-electron chi connectivity index (χ3n) is 5.69. The van der Waals surface area contributed by atoms with Gasteiger partial charge in [-0.2, -0.15) is 0 Å². The van der Waals surface area contributed by atoms with Crippen molar-refractivity contribution in [2.45, 2.75) is 69.1 Å². The number of aliphatic imine (C=N–C) groups is 1. The fourth-order valence-electron chi connectivity index (χ4n) is 4.15. The van der Waals surface area contributed by atoms with E-state index in [-0.39, 0.29) is 35.6 Å². The highest BCUT2D eigenvalue weighted by atomic mass is 127. The Morgan fingerprint density at radius 1 is 1.12 bits per heavy atom. The minimum absolute atomic E-state index is 0. The van der Waals surface area contributed by atoms with E-state index in [2.05, 4.69) is 39.9 Å². The summed E-state index contributed by atoms with van der Waals surface area (Å²) in [4.78, 5) is 4.45. The molecule has 1 unspecified atom stereocenters. The molecule has 0 aromatic heterocycles. The molecule has 0 bridgehead atoms. The van der Waals surface area contributed by atoms with E-state index in [1.807, 2.05) is 7.05 Å². The third-order valence-corrected chi connectivity index (χ3v) is 5.69. The highest BCUT2D eigenvalue weighted by Gasteiger charge is 2.43. The molecular weight excluding hydrogens is 413 g/mol. The Labute approximate surface area is 161 Å². The molecule has 0 amide bonds. The van der Waals surface area contributed by atoms with Crippen molar-refractivity contribution in [3.05, 3.63) is 29.8 Å². The number of para-hydroxylation sites is 1. The lowest BCUT2D eigenvalue weighted by molar-refractivity contribution is 0.0395. The first kappa shape index (κ1) is 17.8. The van der Waals surface area contributed by atoms with Gasteiger partial charge in [-0.3, -0.25) is 4.99 Å². The minimum Gasteiger partial charge on any atom is -0.487 e. The van der Waals surface area contributed by atoms with Crippen LogP contribution in [0.4, 0.5) is 0 Å². The third kappa shape index (κ3) is 3.51. The van der Waals surface area contributed by atoms with Crippen LogP contribution in [0.5, 0.6) is 5.75 Å². The first-order valence-electron chi connectivity index (χ1n) is 9.06. The Bertz CT molecular complexity index is 594. The number of nitrogens with one attached hydrogen (secondary N) is 2. The topological polar surface area (TPSA) is 45.7 Å². The van der Waals surface area contributed by atoms with Gasteiger partial charge in [0.15, 0.2) is 5.96 Å². The minimum atomic E-state index is 0. The number of nitrogens with zero attached hydrogens (tertiary/aromatic N) is 1. The second-order valence-electron chi connectivity index (χ2n) is 7.28. The van der Waals surface area contributed by atoms with E-state index in [1.54, 1.807) is 0 Å². The molecule has 2 N–H and O–H groups in total. The number of hydrogen-bond acceptors (Lipinski definition) is 2. The molecule has 1 spiro atoms. The highest BCUT2D eigenvalue weighted by molar-refractivity contribution is 14.0. The Balaban J connectivity index is 0.00000169. The van der Waals surface area contributed by atoms with E-state index >= 15 is 0 Å². The average Bonchev–Trinajstić information content (AvgIpc) is 2.97. The van der Waals surface area contributed by atoms with E-state index in [0.717, 1.165) is 18.1 Å². The molecule has 1 aliphatic heterocycles. The maximum atomic E-state index is 6.44. The van der Waals surface area contributed by atoms with Gasteiger partial charge in [0.2, 0.25) is 0 Å². The van der Waals surface area contributed by atoms with Gasteiger partial charge in [-0.25, -0.2) is 0 Å². The van der Waals surface area contributed by atoms with Crippen LogP contribution in [0, 0.1) is 0 Å². The van der Waals surface area contributed by atoms with E-state index in [1.165, 1.54) is 50.5 Å². The normalized spacial score (nSPS) is 25.2. The van der Waals surface area contributed by atoms with Gasteiger partial charge in [-0.1, -0.05) is 18.2 Å². The number of halogens is 1. The maximum absolute atomic E-state index is 6.44. The molecule has 2 aliphatic carbocycles. The van der Waals surface area contributed by atoms with Crippen LogP contribution in [0.15, 0.2) is 29.3 Å². The predicted molar refractivity (Wildman–Crippen MR) is 108 cm³/mol. The summed E-state index contributed by atoms with van der Waals surface area (Å²) in [7, 11) is 1.87. The van der Waals surface area contributed by atoms with Gasteiger partial charge in [-0.15, -0.1) is 24.0 Å². The lowest BCUT2D eigenvalue weighted by Gasteiger charge is -2.41. The van der Waals surface area contributed by atoms with E-state index < -0.39 is 0 Å². The van der Waals surface area contributed by atoms with Crippen molar-refractivity contribution in [3.63, 3.8) is 0 Å². The highest BCUT2D eigenvalue weighted by Crippen LogP contribution is 2.46. The van der Waals surface area contributed by atoms with Crippen LogP contribution in [0.2, 0.25) is 0 Å². The van der Waals surface area contributed by atoms with Crippen molar-refractivity contribution in [3.8, 4) is 5.75 Å². The van der Waals surface area contributed by atoms with Gasteiger partial charge in [0.25, 0.3) is 0 Å². The number of hydrogen-bond donors (Lipinski definition) is 2. The van der Waals surface area contributed by atoms with Gasteiger partial charge >= 0.3 is 0 Å². The number of ether oxygens (including phenoxy) is 1. The Kier molecular flexibility index (Phi) is 5.57. The number of guanidine groups is 1. The second-order valence-corrected chi connectivity index (χ2v) is 7.28. The van der Waals surface area contributed by atoms with Gasteiger partial charge in [-0.05, 0) is 51.0 Å². The smallest absolute Gasteiger partial charge is 0.191 e. The molecule has 24 heavy (non-hydrogen) atoms. The summed E-state index contributed by atoms with van der Waals surface area (Å²) in [5.74, 6) is 1.99. The molecule has 2 saturated carbocycles. The SMILES string of the molecule is CN=C(NC1CCC1)NC1CC2(CCCC2)Oc2ccccc21.I. The van der Waals surface area contributed by atoms with E-state index in [9.17, 15) is 0 Å². The Morgan fingerprint density at radius 3 is 2.54 bits per heavy atom. The summed E-state index contributed by atoms with van der Waals surface area (Å²) in [6, 6.07) is 9.36. The molecule has 1 aromatic carbocycles. The molecule has 0 saturated heterocycles. The van der Waals surface area contributed by atoms with Crippen LogP contribution in [0.1, 0.15) is 63.0 Å². The molecule has 4 rings (SSSR count). The summed E-state index contributed by atoms with van der Waals surface area (Å²) in [5, 5.41) is 7.23. The van der Waals surface area contributed by atoms with Gasteiger partial charge < -0.3 is 15.4 Å². The van der Waals surface area contributed by atoms with E-state index in [0.29, 0.717) is 6.04 Å². The van der Waals surface area contributed by atoms with Crippen LogP contribution < -0.4 is 15.4 Å². The van der Waals surface area contributed by atoms with Crippen LogP contribution in [-0.4, -0.2) is 24.7 Å². The monoisotopic (exact) mass is 441 g/mol. The number of benzene rings is 1. The lowest BCUT2D eigenvalue weighted by Crippen LogP contribution is -2.50. The summed E-state index contributed by atoms with van der Waals surface area (Å²) < 4.78 is 6.44. The quantitative estimate of drug-likeness (QED) is 0.412.